The van der Waals surface area contributed by atoms with Crippen molar-refractivity contribution in [1.82, 2.24) is 4.90 Å². The fourth-order valence-corrected chi connectivity index (χ4v) is 3.09. The zero-order chi connectivity index (χ0) is 23.1. The Bertz CT molecular complexity index is 978. The lowest BCUT2D eigenvalue weighted by Crippen LogP contribution is -2.40. The molecule has 2 aromatic carbocycles. The van der Waals surface area contributed by atoms with Gasteiger partial charge in [0.2, 0.25) is 11.8 Å². The fraction of sp³-hybridized carbons (Fsp3) is 0.375. The van der Waals surface area contributed by atoms with E-state index in [2.05, 4.69) is 16.0 Å². The SMILES string of the molecule is CC(C)(C)C(=O)Nc1cccc(NCC(=O)Nc2cccc(C(=O)N3CCOCC3)c2)c1. The summed E-state index contributed by atoms with van der Waals surface area (Å²) in [4.78, 5) is 39.0. The maximum Gasteiger partial charge on any atom is 0.254 e. The smallest absolute Gasteiger partial charge is 0.254 e. The normalized spacial score (nSPS) is 13.9. The van der Waals surface area contributed by atoms with Gasteiger partial charge < -0.3 is 25.6 Å². The van der Waals surface area contributed by atoms with Crippen LogP contribution in [-0.4, -0.2) is 55.5 Å². The predicted octanol–water partition coefficient (Wildman–Crippen LogP) is 3.19. The molecule has 0 bridgehead atoms. The summed E-state index contributed by atoms with van der Waals surface area (Å²) in [6.45, 7) is 7.78. The summed E-state index contributed by atoms with van der Waals surface area (Å²) in [6.07, 6.45) is 0. The number of carbonyl (C=O) groups excluding carboxylic acids is 3. The molecule has 170 valence electrons. The second-order valence-electron chi connectivity index (χ2n) is 8.67. The van der Waals surface area contributed by atoms with Gasteiger partial charge in [0.15, 0.2) is 0 Å². The standard InChI is InChI=1S/C24H30N4O4/c1-24(2,3)23(31)27-20-9-5-7-18(15-20)25-16-21(29)26-19-8-4-6-17(14-19)22(30)28-10-12-32-13-11-28/h4-9,14-15,25H,10-13,16H2,1-3H3,(H,26,29)(H,27,31). The number of nitrogens with zero attached hydrogens (tertiary/aromatic N) is 1. The minimum Gasteiger partial charge on any atom is -0.378 e. The molecule has 0 aromatic heterocycles. The highest BCUT2D eigenvalue weighted by Gasteiger charge is 2.21. The molecule has 1 heterocycles. The van der Waals surface area contributed by atoms with E-state index in [-0.39, 0.29) is 24.3 Å². The van der Waals surface area contributed by atoms with Crippen LogP contribution in [0.5, 0.6) is 0 Å². The third kappa shape index (κ3) is 6.55. The van der Waals surface area contributed by atoms with Crippen LogP contribution >= 0.6 is 0 Å². The molecule has 3 rings (SSSR count). The summed E-state index contributed by atoms with van der Waals surface area (Å²) in [5.74, 6) is -0.402. The van der Waals surface area contributed by atoms with Gasteiger partial charge in [-0.3, -0.25) is 14.4 Å². The molecule has 0 atom stereocenters. The number of carbonyl (C=O) groups is 3. The lowest BCUT2D eigenvalue weighted by molar-refractivity contribution is -0.123. The van der Waals surface area contributed by atoms with Crippen molar-refractivity contribution in [2.75, 3.05) is 48.8 Å². The Labute approximate surface area is 188 Å². The number of benzene rings is 2. The first-order chi connectivity index (χ1) is 15.2. The van der Waals surface area contributed by atoms with Gasteiger partial charge in [0.25, 0.3) is 5.91 Å². The molecule has 1 aliphatic heterocycles. The molecule has 1 aliphatic rings. The summed E-state index contributed by atoms with van der Waals surface area (Å²) in [5, 5.41) is 8.73. The number of ether oxygens (including phenoxy) is 1. The van der Waals surface area contributed by atoms with Gasteiger partial charge in [-0.1, -0.05) is 32.9 Å². The van der Waals surface area contributed by atoms with Crippen LogP contribution in [0.15, 0.2) is 48.5 Å². The van der Waals surface area contributed by atoms with Crippen molar-refractivity contribution in [3.05, 3.63) is 54.1 Å². The quantitative estimate of drug-likeness (QED) is 0.643. The number of amides is 3. The van der Waals surface area contributed by atoms with Gasteiger partial charge in [-0.25, -0.2) is 0 Å². The minimum absolute atomic E-state index is 0.0400. The van der Waals surface area contributed by atoms with Crippen LogP contribution in [0.4, 0.5) is 17.1 Å². The topological polar surface area (TPSA) is 99.8 Å². The van der Waals surface area contributed by atoms with Crippen molar-refractivity contribution in [3.63, 3.8) is 0 Å². The number of rotatable bonds is 6. The number of anilines is 3. The molecule has 8 heteroatoms. The number of hydrogen-bond donors (Lipinski definition) is 3. The van der Waals surface area contributed by atoms with E-state index in [4.69, 9.17) is 4.74 Å². The molecule has 0 unspecified atom stereocenters. The van der Waals surface area contributed by atoms with E-state index in [1.54, 1.807) is 47.4 Å². The maximum absolute atomic E-state index is 12.6. The van der Waals surface area contributed by atoms with E-state index in [9.17, 15) is 14.4 Å². The Morgan fingerprint density at radius 2 is 1.53 bits per heavy atom. The largest absolute Gasteiger partial charge is 0.378 e. The average Bonchev–Trinajstić information content (AvgIpc) is 2.77. The zero-order valence-corrected chi connectivity index (χ0v) is 18.7. The Hall–Kier alpha value is -3.39. The lowest BCUT2D eigenvalue weighted by Gasteiger charge is -2.27. The first kappa shape index (κ1) is 23.3. The molecular weight excluding hydrogens is 408 g/mol. The predicted molar refractivity (Wildman–Crippen MR) is 125 cm³/mol. The molecule has 8 nitrogen and oxygen atoms in total. The number of nitrogens with one attached hydrogen (secondary N) is 3. The highest BCUT2D eigenvalue weighted by Crippen LogP contribution is 2.20. The van der Waals surface area contributed by atoms with Crippen molar-refractivity contribution in [2.45, 2.75) is 20.8 Å². The van der Waals surface area contributed by atoms with Crippen LogP contribution in [0.25, 0.3) is 0 Å². The fourth-order valence-electron chi connectivity index (χ4n) is 3.09. The molecule has 0 saturated carbocycles. The molecule has 2 aromatic rings. The van der Waals surface area contributed by atoms with E-state index in [1.165, 1.54) is 0 Å². The third-order valence-corrected chi connectivity index (χ3v) is 4.95. The van der Waals surface area contributed by atoms with E-state index in [0.717, 1.165) is 0 Å². The van der Waals surface area contributed by atoms with Crippen molar-refractivity contribution < 1.29 is 19.1 Å². The molecule has 1 fully saturated rings. The first-order valence-electron chi connectivity index (χ1n) is 10.6. The third-order valence-electron chi connectivity index (χ3n) is 4.95. The average molecular weight is 439 g/mol. The molecule has 0 aliphatic carbocycles. The zero-order valence-electron chi connectivity index (χ0n) is 18.7. The van der Waals surface area contributed by atoms with Gasteiger partial charge in [0, 0.05) is 41.1 Å². The first-order valence-corrected chi connectivity index (χ1v) is 10.6. The second kappa shape index (κ2) is 10.3. The molecule has 0 radical (unpaired) electrons. The van der Waals surface area contributed by atoms with Gasteiger partial charge in [-0.15, -0.1) is 0 Å². The number of morpholine rings is 1. The Balaban J connectivity index is 1.55. The van der Waals surface area contributed by atoms with Gasteiger partial charge in [-0.2, -0.15) is 0 Å². The van der Waals surface area contributed by atoms with E-state index in [0.29, 0.717) is 48.9 Å². The Kier molecular flexibility index (Phi) is 7.48. The lowest BCUT2D eigenvalue weighted by atomic mass is 9.95. The second-order valence-corrected chi connectivity index (χ2v) is 8.67. The van der Waals surface area contributed by atoms with Crippen LogP contribution in [0.3, 0.4) is 0 Å². The molecule has 0 spiro atoms. The summed E-state index contributed by atoms with van der Waals surface area (Å²) in [5.41, 5.74) is 1.95. The summed E-state index contributed by atoms with van der Waals surface area (Å²) in [7, 11) is 0. The molecule has 3 N–H and O–H groups in total. The van der Waals surface area contributed by atoms with Crippen LogP contribution in [0, 0.1) is 5.41 Å². The van der Waals surface area contributed by atoms with Crippen LogP contribution in [-0.2, 0) is 14.3 Å². The van der Waals surface area contributed by atoms with E-state index in [1.807, 2.05) is 26.8 Å². The van der Waals surface area contributed by atoms with Crippen LogP contribution in [0.2, 0.25) is 0 Å². The summed E-state index contributed by atoms with van der Waals surface area (Å²) >= 11 is 0. The van der Waals surface area contributed by atoms with Crippen molar-refractivity contribution in [2.24, 2.45) is 5.41 Å². The monoisotopic (exact) mass is 438 g/mol. The van der Waals surface area contributed by atoms with Crippen molar-refractivity contribution in [3.8, 4) is 0 Å². The van der Waals surface area contributed by atoms with E-state index >= 15 is 0 Å². The Morgan fingerprint density at radius 3 is 2.22 bits per heavy atom. The van der Waals surface area contributed by atoms with Crippen LogP contribution < -0.4 is 16.0 Å². The highest BCUT2D eigenvalue weighted by atomic mass is 16.5. The summed E-state index contributed by atoms with van der Waals surface area (Å²) < 4.78 is 5.29. The molecule has 3 amide bonds. The van der Waals surface area contributed by atoms with Gasteiger partial charge >= 0.3 is 0 Å². The van der Waals surface area contributed by atoms with Crippen molar-refractivity contribution >= 4 is 34.8 Å². The van der Waals surface area contributed by atoms with Crippen molar-refractivity contribution in [1.29, 1.82) is 0 Å². The molecular formula is C24H30N4O4. The summed E-state index contributed by atoms with van der Waals surface area (Å²) in [6, 6.07) is 14.1. The van der Waals surface area contributed by atoms with E-state index < -0.39 is 5.41 Å². The molecule has 1 saturated heterocycles. The highest BCUT2D eigenvalue weighted by molar-refractivity contribution is 5.98. The molecule has 32 heavy (non-hydrogen) atoms. The Morgan fingerprint density at radius 1 is 0.906 bits per heavy atom. The van der Waals surface area contributed by atoms with Gasteiger partial charge in [0.05, 0.1) is 19.8 Å². The maximum atomic E-state index is 12.6. The minimum atomic E-state index is -0.499. The van der Waals surface area contributed by atoms with Crippen LogP contribution in [0.1, 0.15) is 31.1 Å². The van der Waals surface area contributed by atoms with Gasteiger partial charge in [-0.05, 0) is 36.4 Å². The van der Waals surface area contributed by atoms with Gasteiger partial charge in [0.1, 0.15) is 0 Å². The number of hydrogen-bond acceptors (Lipinski definition) is 5.